The van der Waals surface area contributed by atoms with E-state index in [4.69, 9.17) is 0 Å². The van der Waals surface area contributed by atoms with Crippen LogP contribution in [0.1, 0.15) is 40.9 Å². The molecule has 0 spiro atoms. The number of pyridine rings is 1. The van der Waals surface area contributed by atoms with E-state index < -0.39 is 0 Å². The summed E-state index contributed by atoms with van der Waals surface area (Å²) in [7, 11) is 1.73. The van der Waals surface area contributed by atoms with Gasteiger partial charge in [0.05, 0.1) is 0 Å². The summed E-state index contributed by atoms with van der Waals surface area (Å²) >= 11 is 0. The van der Waals surface area contributed by atoms with Gasteiger partial charge in [-0.2, -0.15) is 0 Å². The van der Waals surface area contributed by atoms with E-state index in [9.17, 15) is 9.59 Å². The van der Waals surface area contributed by atoms with Crippen molar-refractivity contribution in [1.82, 2.24) is 9.88 Å². The maximum Gasteiger partial charge on any atom is 0.263 e. The van der Waals surface area contributed by atoms with E-state index in [1.54, 1.807) is 30.0 Å². The van der Waals surface area contributed by atoms with E-state index in [1.165, 1.54) is 0 Å². The molecule has 1 N–H and O–H groups in total. The SMILES string of the molecule is CC1CCc2c1cc(C(=O)NC1=NC=C1)c(=O)n2C. The molecule has 1 unspecified atom stereocenters. The fraction of sp³-hybridized carbons (Fsp3) is 0.357. The van der Waals surface area contributed by atoms with Crippen molar-refractivity contribution in [2.45, 2.75) is 25.7 Å². The predicted molar refractivity (Wildman–Crippen MR) is 72.5 cm³/mol. The third-order valence-corrected chi connectivity index (χ3v) is 3.85. The Kier molecular flexibility index (Phi) is 2.62. The summed E-state index contributed by atoms with van der Waals surface area (Å²) in [5.41, 5.74) is 2.11. The standard InChI is InChI=1S/C14H15N3O2/c1-8-3-4-11-9(8)7-10(14(19)17(11)2)13(18)16-12-5-6-15-12/h5-8H,3-4H2,1-2H3,(H,15,16,18). The van der Waals surface area contributed by atoms with E-state index in [-0.39, 0.29) is 17.0 Å². The van der Waals surface area contributed by atoms with Crippen molar-refractivity contribution in [3.8, 4) is 0 Å². The molecule has 1 atom stereocenters. The molecule has 1 amide bonds. The summed E-state index contributed by atoms with van der Waals surface area (Å²) in [5, 5.41) is 2.62. The second-order valence-electron chi connectivity index (χ2n) is 5.05. The van der Waals surface area contributed by atoms with Crippen molar-refractivity contribution in [2.75, 3.05) is 0 Å². The van der Waals surface area contributed by atoms with Crippen molar-refractivity contribution >= 4 is 11.7 Å². The summed E-state index contributed by atoms with van der Waals surface area (Å²) in [6.45, 7) is 2.12. The molecule has 98 valence electrons. The Morgan fingerprint density at radius 1 is 1.53 bits per heavy atom. The number of nitrogens with zero attached hydrogens (tertiary/aromatic N) is 2. The molecule has 0 fully saturated rings. The molecule has 0 saturated carbocycles. The Labute approximate surface area is 110 Å². The first-order valence-electron chi connectivity index (χ1n) is 6.36. The lowest BCUT2D eigenvalue weighted by Crippen LogP contribution is -2.37. The van der Waals surface area contributed by atoms with Crippen LogP contribution in [0.15, 0.2) is 28.1 Å². The zero-order chi connectivity index (χ0) is 13.6. The third-order valence-electron chi connectivity index (χ3n) is 3.85. The highest BCUT2D eigenvalue weighted by Gasteiger charge is 2.25. The number of aromatic nitrogens is 1. The Bertz CT molecular complexity index is 683. The van der Waals surface area contributed by atoms with Crippen molar-refractivity contribution in [3.05, 3.63) is 45.5 Å². The smallest absolute Gasteiger partial charge is 0.263 e. The maximum atomic E-state index is 12.2. The van der Waals surface area contributed by atoms with Gasteiger partial charge in [-0.05, 0) is 36.5 Å². The lowest BCUT2D eigenvalue weighted by atomic mass is 10.0. The Hall–Kier alpha value is -2.17. The molecule has 1 aliphatic heterocycles. The molecule has 5 heteroatoms. The number of hydrogen-bond acceptors (Lipinski definition) is 3. The molecule has 3 rings (SSSR count). The minimum Gasteiger partial charge on any atom is -0.315 e. The van der Waals surface area contributed by atoms with Gasteiger partial charge < -0.3 is 9.88 Å². The zero-order valence-electron chi connectivity index (χ0n) is 10.9. The van der Waals surface area contributed by atoms with Crippen LogP contribution < -0.4 is 10.9 Å². The topological polar surface area (TPSA) is 63.5 Å². The molecule has 2 heterocycles. The molecule has 0 radical (unpaired) electrons. The average Bonchev–Trinajstić information content (AvgIpc) is 2.70. The normalized spacial score (nSPS) is 19.7. The Morgan fingerprint density at radius 3 is 2.89 bits per heavy atom. The van der Waals surface area contributed by atoms with Gasteiger partial charge in [-0.25, -0.2) is 4.99 Å². The van der Waals surface area contributed by atoms with Crippen LogP contribution in [0.2, 0.25) is 0 Å². The number of carbonyl (C=O) groups is 1. The highest BCUT2D eigenvalue weighted by molar-refractivity contribution is 6.12. The van der Waals surface area contributed by atoms with Gasteiger partial charge in [0.2, 0.25) is 0 Å². The molecule has 1 aromatic heterocycles. The number of aliphatic imine (C=N–C) groups is 1. The van der Waals surface area contributed by atoms with E-state index in [2.05, 4.69) is 17.2 Å². The molecule has 0 bridgehead atoms. The van der Waals surface area contributed by atoms with E-state index in [0.29, 0.717) is 11.8 Å². The van der Waals surface area contributed by atoms with Crippen LogP contribution in [0.5, 0.6) is 0 Å². The molecular weight excluding hydrogens is 242 g/mol. The highest BCUT2D eigenvalue weighted by Crippen LogP contribution is 2.31. The molecular formula is C14H15N3O2. The molecule has 19 heavy (non-hydrogen) atoms. The van der Waals surface area contributed by atoms with Gasteiger partial charge in [0.1, 0.15) is 11.4 Å². The summed E-state index contributed by atoms with van der Waals surface area (Å²) in [6.07, 6.45) is 5.22. The zero-order valence-corrected chi connectivity index (χ0v) is 10.9. The van der Waals surface area contributed by atoms with Gasteiger partial charge >= 0.3 is 0 Å². The number of hydrogen-bond donors (Lipinski definition) is 1. The van der Waals surface area contributed by atoms with Crippen LogP contribution in [-0.4, -0.2) is 16.3 Å². The predicted octanol–water partition coefficient (Wildman–Crippen LogP) is 1.09. The van der Waals surface area contributed by atoms with E-state index in [0.717, 1.165) is 24.1 Å². The second-order valence-corrected chi connectivity index (χ2v) is 5.05. The van der Waals surface area contributed by atoms with Gasteiger partial charge in [0.15, 0.2) is 0 Å². The number of rotatable bonds is 1. The fourth-order valence-electron chi connectivity index (χ4n) is 2.61. The molecule has 1 aromatic rings. The lowest BCUT2D eigenvalue weighted by molar-refractivity contribution is 0.0975. The fourth-order valence-corrected chi connectivity index (χ4v) is 2.61. The van der Waals surface area contributed by atoms with Crippen LogP contribution in [-0.2, 0) is 13.5 Å². The first-order chi connectivity index (χ1) is 9.08. The first-order valence-corrected chi connectivity index (χ1v) is 6.36. The monoisotopic (exact) mass is 257 g/mol. The molecule has 2 aliphatic rings. The van der Waals surface area contributed by atoms with Gasteiger partial charge in [0, 0.05) is 18.9 Å². The van der Waals surface area contributed by atoms with Crippen molar-refractivity contribution in [1.29, 1.82) is 0 Å². The van der Waals surface area contributed by atoms with Crippen molar-refractivity contribution < 1.29 is 4.79 Å². The molecule has 0 aromatic carbocycles. The third kappa shape index (κ3) is 1.82. The van der Waals surface area contributed by atoms with Crippen LogP contribution in [0.25, 0.3) is 0 Å². The molecule has 5 nitrogen and oxygen atoms in total. The summed E-state index contributed by atoms with van der Waals surface area (Å²) < 4.78 is 1.60. The maximum absolute atomic E-state index is 12.2. The Balaban J connectivity index is 2.02. The number of fused-ring (bicyclic) bond motifs is 1. The summed E-state index contributed by atoms with van der Waals surface area (Å²) in [4.78, 5) is 28.2. The largest absolute Gasteiger partial charge is 0.315 e. The molecule has 1 aliphatic carbocycles. The number of nitrogens with one attached hydrogen (secondary N) is 1. The van der Waals surface area contributed by atoms with Crippen molar-refractivity contribution in [2.24, 2.45) is 12.0 Å². The van der Waals surface area contributed by atoms with Gasteiger partial charge in [-0.3, -0.25) is 9.59 Å². The summed E-state index contributed by atoms with van der Waals surface area (Å²) in [6, 6.07) is 1.74. The quantitative estimate of drug-likeness (QED) is 0.818. The number of amides is 1. The van der Waals surface area contributed by atoms with Crippen LogP contribution >= 0.6 is 0 Å². The van der Waals surface area contributed by atoms with E-state index >= 15 is 0 Å². The average molecular weight is 257 g/mol. The molecule has 0 saturated heterocycles. The van der Waals surface area contributed by atoms with Crippen LogP contribution in [0.4, 0.5) is 0 Å². The van der Waals surface area contributed by atoms with Crippen molar-refractivity contribution in [3.63, 3.8) is 0 Å². The van der Waals surface area contributed by atoms with Gasteiger partial charge in [-0.1, -0.05) is 6.92 Å². The highest BCUT2D eigenvalue weighted by atomic mass is 16.2. The van der Waals surface area contributed by atoms with E-state index in [1.807, 2.05) is 0 Å². The first kappa shape index (κ1) is 11.9. The summed E-state index contributed by atoms with van der Waals surface area (Å²) in [5.74, 6) is 0.514. The van der Waals surface area contributed by atoms with Gasteiger partial charge in [0.25, 0.3) is 11.5 Å². The van der Waals surface area contributed by atoms with Gasteiger partial charge in [-0.15, -0.1) is 0 Å². The number of amidine groups is 1. The number of carbonyl (C=O) groups excluding carboxylic acids is 1. The second kappa shape index (κ2) is 4.19. The van der Waals surface area contributed by atoms with Crippen LogP contribution in [0.3, 0.4) is 0 Å². The minimum absolute atomic E-state index is 0.193. The lowest BCUT2D eigenvalue weighted by Gasteiger charge is -2.13. The van der Waals surface area contributed by atoms with Crippen LogP contribution in [0, 0.1) is 0 Å². The minimum atomic E-state index is -0.384. The Morgan fingerprint density at radius 2 is 2.26 bits per heavy atom.